The van der Waals surface area contributed by atoms with Gasteiger partial charge in [0.05, 0.1) is 0 Å². The molecule has 0 unspecified atom stereocenters. The molecule has 0 atom stereocenters. The highest BCUT2D eigenvalue weighted by molar-refractivity contribution is 7.03. The Labute approximate surface area is 282 Å². The molecule has 0 radical (unpaired) electrons. The van der Waals surface area contributed by atoms with Gasteiger partial charge >= 0.3 is 54.3 Å². The van der Waals surface area contributed by atoms with Crippen molar-refractivity contribution in [1.29, 1.82) is 0 Å². The fraction of sp³-hybridized carbons (Fsp3) is 1.00. The zero-order valence-corrected chi connectivity index (χ0v) is 42.1. The quantitative estimate of drug-likeness (QED) is 0.246. The lowest BCUT2D eigenvalue weighted by atomic mass is 11.8. The van der Waals surface area contributed by atoms with E-state index in [1.54, 1.807) is 0 Å². The molecule has 5 rings (SSSR count). The predicted octanol–water partition coefficient (Wildman–Crippen LogP) is 4.91. The van der Waals surface area contributed by atoms with Crippen molar-refractivity contribution in [2.24, 2.45) is 0 Å². The van der Waals surface area contributed by atoms with Crippen LogP contribution in [0.2, 0.25) is 118 Å². The van der Waals surface area contributed by atoms with E-state index < -0.39 is 104 Å². The minimum atomic E-state index is -4.44. The summed E-state index contributed by atoms with van der Waals surface area (Å²) in [5.74, 6) is 0. The molecule has 45 heavy (non-hydrogen) atoms. The van der Waals surface area contributed by atoms with E-state index in [-0.39, 0.29) is 0 Å². The molecule has 0 aromatic carbocycles. The molecule has 0 N–H and O–H groups in total. The maximum absolute atomic E-state index is 6.99. The smallest absolute Gasteiger partial charge is 0.396 e. The average Bonchev–Trinajstić information content (AvgIpc) is 2.52. The molecule has 0 saturated carbocycles. The van der Waals surface area contributed by atoms with Gasteiger partial charge in [-0.2, -0.15) is 0 Å². The number of rotatable bonds is 12. The van der Waals surface area contributed by atoms with Gasteiger partial charge in [-0.1, -0.05) is 0 Å². The van der Waals surface area contributed by atoms with Crippen LogP contribution in [0.25, 0.3) is 0 Å². The summed E-state index contributed by atoms with van der Waals surface area (Å²) in [4.78, 5) is 0. The van der Waals surface area contributed by atoms with Gasteiger partial charge in [0, 0.05) is 0 Å². The van der Waals surface area contributed by atoms with Gasteiger partial charge in [-0.25, -0.2) is 0 Å². The van der Waals surface area contributed by atoms with Crippen LogP contribution in [-0.4, -0.2) is 104 Å². The van der Waals surface area contributed by atoms with Gasteiger partial charge < -0.3 is 61.7 Å². The molecule has 5 aliphatic rings. The van der Waals surface area contributed by atoms with Crippen LogP contribution < -0.4 is 0 Å². The van der Waals surface area contributed by atoms with E-state index in [9.17, 15) is 0 Å². The number of hydrogen-bond acceptors (Lipinski definition) is 15. The lowest BCUT2D eigenvalue weighted by Crippen LogP contribution is -2.93. The van der Waals surface area contributed by atoms with Crippen LogP contribution in [0.1, 0.15) is 0 Å². The molecular formula is C18H54O15Si12. The van der Waals surface area contributed by atoms with Crippen molar-refractivity contribution < 1.29 is 61.7 Å². The second-order valence-electron chi connectivity index (χ2n) is 17.2. The highest BCUT2D eigenvalue weighted by Crippen LogP contribution is 2.52. The normalized spacial score (nSPS) is 39.6. The van der Waals surface area contributed by atoms with Crippen LogP contribution in [-0.2, 0) is 61.7 Å². The Kier molecular flexibility index (Phi) is 10.4. The summed E-state index contributed by atoms with van der Waals surface area (Å²) in [5.41, 5.74) is 0. The Hall–Kier alpha value is 2.00. The molecule has 0 aliphatic carbocycles. The fourth-order valence-corrected chi connectivity index (χ4v) is 52.9. The van der Waals surface area contributed by atoms with E-state index in [1.807, 2.05) is 118 Å². The van der Waals surface area contributed by atoms with Gasteiger partial charge in [-0.3, -0.25) is 0 Å². The Morgan fingerprint density at radius 3 is 0.378 bits per heavy atom. The summed E-state index contributed by atoms with van der Waals surface area (Å²) in [6.07, 6.45) is 0. The SMILES string of the molecule is C[Si](C)(C)O[Si]12O[Si]3(O[Si](C)(C)C)O[Si](O[Si](C)(C)C)(O1)O[Si]1(O[Si](C)(C)C)O[Si](O[Si](C)(C)C)(O[Si](O[Si](C)(C)C)(O1)O3)O2. The van der Waals surface area contributed by atoms with Gasteiger partial charge in [0.2, 0.25) is 0 Å². The van der Waals surface area contributed by atoms with Crippen molar-refractivity contribution in [2.45, 2.75) is 118 Å². The molecule has 5 fully saturated rings. The van der Waals surface area contributed by atoms with Gasteiger partial charge in [0.1, 0.15) is 0 Å². The largest absolute Gasteiger partial charge is 0.651 e. The molecule has 5 saturated heterocycles. The van der Waals surface area contributed by atoms with E-state index in [2.05, 4.69) is 0 Å². The highest BCUT2D eigenvalue weighted by atomic mass is 28.7. The van der Waals surface area contributed by atoms with E-state index >= 15 is 0 Å². The average molecular weight is 848 g/mol. The molecule has 5 heterocycles. The van der Waals surface area contributed by atoms with Crippen LogP contribution in [0.5, 0.6) is 0 Å². The first-order valence-corrected chi connectivity index (χ1v) is 45.4. The Balaban J connectivity index is 2.12. The van der Waals surface area contributed by atoms with E-state index in [0.717, 1.165) is 0 Å². The van der Waals surface area contributed by atoms with Crippen molar-refractivity contribution in [1.82, 2.24) is 0 Å². The summed E-state index contributed by atoms with van der Waals surface area (Å²) >= 11 is 0. The number of hydrogen-bond donors (Lipinski definition) is 0. The van der Waals surface area contributed by atoms with E-state index in [4.69, 9.17) is 61.7 Å². The van der Waals surface area contributed by atoms with Gasteiger partial charge in [-0.15, -0.1) is 0 Å². The molecule has 6 bridgehead atoms. The molecule has 5 aliphatic heterocycles. The molecule has 0 aromatic rings. The lowest BCUT2D eigenvalue weighted by molar-refractivity contribution is -0.131. The molecular weight excluding hydrogens is 793 g/mol. The van der Waals surface area contributed by atoms with Crippen LogP contribution in [0.4, 0.5) is 0 Å². The van der Waals surface area contributed by atoms with Gasteiger partial charge in [0.25, 0.3) is 0 Å². The van der Waals surface area contributed by atoms with Crippen LogP contribution in [0.15, 0.2) is 0 Å². The molecule has 0 amide bonds. The first kappa shape index (κ1) is 39.8. The summed E-state index contributed by atoms with van der Waals surface area (Å²) in [6.45, 7) is 36.0. The Morgan fingerprint density at radius 1 is 0.222 bits per heavy atom. The Bertz CT molecular complexity index is 889. The third-order valence-corrected chi connectivity index (χ3v) is 43.5. The van der Waals surface area contributed by atoms with Crippen LogP contribution in [0.3, 0.4) is 0 Å². The minimum Gasteiger partial charge on any atom is -0.396 e. The molecule has 0 aromatic heterocycles. The summed E-state index contributed by atoms with van der Waals surface area (Å²) in [6, 6.07) is 0. The van der Waals surface area contributed by atoms with Gasteiger partial charge in [-0.05, 0) is 118 Å². The van der Waals surface area contributed by atoms with Gasteiger partial charge in [0.15, 0.2) is 49.9 Å². The predicted molar refractivity (Wildman–Crippen MR) is 191 cm³/mol. The summed E-state index contributed by atoms with van der Waals surface area (Å²) in [5, 5.41) is 0. The molecule has 264 valence electrons. The van der Waals surface area contributed by atoms with Crippen molar-refractivity contribution in [2.75, 3.05) is 0 Å². The monoisotopic (exact) mass is 846 g/mol. The lowest BCUT2D eigenvalue weighted by Gasteiger charge is -2.60. The zero-order chi connectivity index (χ0) is 34.6. The summed E-state index contributed by atoms with van der Waals surface area (Å²) < 4.78 is 103. The third kappa shape index (κ3) is 10.5. The third-order valence-electron chi connectivity index (χ3n) is 4.84. The van der Waals surface area contributed by atoms with E-state index in [0.29, 0.717) is 0 Å². The first-order chi connectivity index (χ1) is 19.6. The van der Waals surface area contributed by atoms with E-state index in [1.165, 1.54) is 0 Å². The van der Waals surface area contributed by atoms with Crippen molar-refractivity contribution >= 4 is 104 Å². The van der Waals surface area contributed by atoms with Crippen LogP contribution >= 0.6 is 0 Å². The highest BCUT2D eigenvalue weighted by Gasteiger charge is 2.91. The maximum Gasteiger partial charge on any atom is 0.651 e. The van der Waals surface area contributed by atoms with Crippen molar-refractivity contribution in [3.05, 3.63) is 0 Å². The van der Waals surface area contributed by atoms with Crippen LogP contribution in [0, 0.1) is 0 Å². The first-order valence-electron chi connectivity index (χ1n) is 15.1. The molecule has 0 spiro atoms. The zero-order valence-electron chi connectivity index (χ0n) is 30.1. The van der Waals surface area contributed by atoms with Crippen molar-refractivity contribution in [3.8, 4) is 0 Å². The fourth-order valence-electron chi connectivity index (χ4n) is 4.38. The maximum atomic E-state index is 6.99. The second-order valence-corrected chi connectivity index (χ2v) is 60.8. The van der Waals surface area contributed by atoms with Crippen molar-refractivity contribution in [3.63, 3.8) is 0 Å². The minimum absolute atomic E-state index is 2.00. The standard InChI is InChI=1S/C18H54O15Si12/c1-34(2,3)19-40-25-41(20-35(4,5)6)27-42(26-40,21-36(7,8)9)33-45(24-39(16,17)18)29-43(31-40,22-37(10,11)12)28-44(30-45,32-41)23-38(13,14)15/h1-18H3. The molecule has 27 heteroatoms. The second kappa shape index (κ2) is 11.8. The topological polar surface area (TPSA) is 138 Å². The Morgan fingerprint density at radius 2 is 0.311 bits per heavy atom. The molecule has 15 nitrogen and oxygen atoms in total. The summed E-state index contributed by atoms with van der Waals surface area (Å²) in [7, 11) is -41.8.